The third-order valence-corrected chi connectivity index (χ3v) is 6.07. The highest BCUT2D eigenvalue weighted by atomic mass is 31.2. The number of amides is 3. The molecule has 2 aromatic heterocycles. The summed E-state index contributed by atoms with van der Waals surface area (Å²) >= 11 is 0. The Labute approximate surface area is 224 Å². The van der Waals surface area contributed by atoms with Crippen LogP contribution in [-0.4, -0.2) is 62.2 Å². The number of carbonyl (C=O) groups excluding carboxylic acids is 3. The van der Waals surface area contributed by atoms with Crippen molar-refractivity contribution in [2.75, 3.05) is 24.8 Å². The fourth-order valence-corrected chi connectivity index (χ4v) is 3.90. The number of hydrogen-bond donors (Lipinski definition) is 4. The van der Waals surface area contributed by atoms with Crippen LogP contribution >= 0.6 is 7.82 Å². The van der Waals surface area contributed by atoms with Gasteiger partial charge in [0.25, 0.3) is 11.8 Å². The van der Waals surface area contributed by atoms with E-state index >= 15 is 0 Å². The Morgan fingerprint density at radius 1 is 1.08 bits per heavy atom. The molecule has 3 amide bonds. The van der Waals surface area contributed by atoms with Crippen molar-refractivity contribution in [3.8, 4) is 0 Å². The Hall–Kier alpha value is -3.84. The number of fused-ring (bicyclic) bond motifs is 1. The van der Waals surface area contributed by atoms with E-state index in [2.05, 4.69) is 25.2 Å². The normalized spacial score (nSPS) is 11.3. The quantitative estimate of drug-likeness (QED) is 0.200. The van der Waals surface area contributed by atoms with Crippen LogP contribution in [0.25, 0.3) is 5.52 Å². The minimum Gasteiger partial charge on any atom is -0.421 e. The highest BCUT2D eigenvalue weighted by molar-refractivity contribution is 7.46. The summed E-state index contributed by atoms with van der Waals surface area (Å²) in [5.74, 6) is -0.689. The van der Waals surface area contributed by atoms with Gasteiger partial charge in [-0.2, -0.15) is 5.10 Å². The standard InChI is InChI=1S/C24H31N6O8P/c1-5-9-25-22(31)17-8-7-15(3)19(11-17)30(24(33)37-14-38-39(34,35)36)21-20-16(4)18(23(32)26-10-6-2)12-29(20)28-13-27-21/h7-8,11-13H,5-6,9-10,14H2,1-4H3,(H,25,31)(H,26,32)(H2,34,35,36). The molecule has 0 spiro atoms. The maximum Gasteiger partial charge on any atom is 0.472 e. The molecule has 15 heteroatoms. The van der Waals surface area contributed by atoms with E-state index in [9.17, 15) is 18.9 Å². The Bertz CT molecular complexity index is 1420. The summed E-state index contributed by atoms with van der Waals surface area (Å²) in [4.78, 5) is 62.1. The highest BCUT2D eigenvalue weighted by Crippen LogP contribution is 2.37. The van der Waals surface area contributed by atoms with Crippen molar-refractivity contribution in [2.24, 2.45) is 0 Å². The maximum atomic E-state index is 13.4. The Kier molecular flexibility index (Phi) is 9.76. The molecule has 1 aromatic carbocycles. The smallest absolute Gasteiger partial charge is 0.421 e. The van der Waals surface area contributed by atoms with Gasteiger partial charge in [-0.25, -0.2) is 28.3 Å². The number of carbonyl (C=O) groups is 3. The second kappa shape index (κ2) is 12.8. The van der Waals surface area contributed by atoms with Crippen LogP contribution in [0.4, 0.5) is 16.3 Å². The summed E-state index contributed by atoms with van der Waals surface area (Å²) in [5, 5.41) is 9.74. The van der Waals surface area contributed by atoms with E-state index < -0.39 is 20.7 Å². The number of phosphoric acid groups is 1. The number of aromatic nitrogens is 3. The summed E-state index contributed by atoms with van der Waals surface area (Å²) in [6.07, 6.45) is 3.04. The van der Waals surface area contributed by atoms with E-state index in [4.69, 9.17) is 14.5 Å². The molecule has 2 heterocycles. The lowest BCUT2D eigenvalue weighted by atomic mass is 10.1. The summed E-state index contributed by atoms with van der Waals surface area (Å²) in [5.41, 5.74) is 2.10. The van der Waals surface area contributed by atoms with Crippen molar-refractivity contribution in [1.82, 2.24) is 25.2 Å². The van der Waals surface area contributed by atoms with Crippen LogP contribution in [0.2, 0.25) is 0 Å². The van der Waals surface area contributed by atoms with Crippen LogP contribution in [-0.2, 0) is 13.8 Å². The van der Waals surface area contributed by atoms with Gasteiger partial charge in [-0.3, -0.25) is 9.59 Å². The average molecular weight is 563 g/mol. The molecule has 0 aliphatic heterocycles. The molecule has 0 aliphatic carbocycles. The molecule has 39 heavy (non-hydrogen) atoms. The molecule has 0 saturated carbocycles. The van der Waals surface area contributed by atoms with Gasteiger partial charge in [-0.05, 0) is 49.9 Å². The summed E-state index contributed by atoms with van der Waals surface area (Å²) < 4.78 is 21.8. The van der Waals surface area contributed by atoms with Crippen molar-refractivity contribution in [2.45, 2.75) is 40.5 Å². The molecule has 210 valence electrons. The third-order valence-electron chi connectivity index (χ3n) is 5.63. The molecular formula is C24H31N6O8P. The topological polar surface area (TPSA) is 185 Å². The van der Waals surface area contributed by atoms with Gasteiger partial charge in [0, 0.05) is 24.8 Å². The van der Waals surface area contributed by atoms with Gasteiger partial charge >= 0.3 is 13.9 Å². The fourth-order valence-electron chi connectivity index (χ4n) is 3.71. The van der Waals surface area contributed by atoms with E-state index in [0.29, 0.717) is 35.3 Å². The van der Waals surface area contributed by atoms with Gasteiger partial charge in [0.15, 0.2) is 5.82 Å². The first-order chi connectivity index (χ1) is 18.5. The van der Waals surface area contributed by atoms with E-state index in [-0.39, 0.29) is 28.9 Å². The highest BCUT2D eigenvalue weighted by Gasteiger charge is 2.29. The summed E-state index contributed by atoms with van der Waals surface area (Å²) in [6, 6.07) is 4.70. The van der Waals surface area contributed by atoms with Crippen LogP contribution in [0.15, 0.2) is 30.7 Å². The number of phosphoric ester groups is 1. The predicted molar refractivity (Wildman–Crippen MR) is 141 cm³/mol. The zero-order valence-electron chi connectivity index (χ0n) is 22.0. The second-order valence-electron chi connectivity index (χ2n) is 8.54. The number of aryl methyl sites for hydroxylation is 2. The first kappa shape index (κ1) is 29.7. The molecule has 0 atom stereocenters. The maximum absolute atomic E-state index is 13.4. The lowest BCUT2D eigenvalue weighted by Gasteiger charge is -2.24. The molecule has 0 fully saturated rings. The number of nitrogens with one attached hydrogen (secondary N) is 2. The van der Waals surface area contributed by atoms with E-state index in [0.717, 1.165) is 17.7 Å². The monoisotopic (exact) mass is 562 g/mol. The van der Waals surface area contributed by atoms with Crippen molar-refractivity contribution in [3.63, 3.8) is 0 Å². The Balaban J connectivity index is 2.16. The van der Waals surface area contributed by atoms with Gasteiger partial charge in [-0.1, -0.05) is 19.9 Å². The SMILES string of the molecule is CCCNC(=O)c1ccc(C)c(N(C(=O)OCOP(=O)(O)O)c2ncnn3cc(C(=O)NCCC)c(C)c23)c1. The molecule has 0 radical (unpaired) electrons. The number of benzene rings is 1. The third kappa shape index (κ3) is 7.18. The Morgan fingerprint density at radius 3 is 2.38 bits per heavy atom. The molecule has 0 aliphatic rings. The van der Waals surface area contributed by atoms with Crippen molar-refractivity contribution in [1.29, 1.82) is 0 Å². The number of hydrogen-bond acceptors (Lipinski definition) is 8. The van der Waals surface area contributed by atoms with E-state index in [1.54, 1.807) is 26.0 Å². The summed E-state index contributed by atoms with van der Waals surface area (Å²) in [6.45, 7) is 7.06. The Morgan fingerprint density at radius 2 is 1.74 bits per heavy atom. The fraction of sp³-hybridized carbons (Fsp3) is 0.375. The molecule has 4 N–H and O–H groups in total. The van der Waals surface area contributed by atoms with Crippen LogP contribution in [0.5, 0.6) is 0 Å². The van der Waals surface area contributed by atoms with Gasteiger partial charge in [0.1, 0.15) is 11.8 Å². The van der Waals surface area contributed by atoms with E-state index in [1.807, 2.05) is 13.8 Å². The number of anilines is 2. The summed E-state index contributed by atoms with van der Waals surface area (Å²) in [7, 11) is -4.92. The first-order valence-electron chi connectivity index (χ1n) is 12.1. The molecule has 0 saturated heterocycles. The minimum atomic E-state index is -4.92. The molecule has 3 aromatic rings. The van der Waals surface area contributed by atoms with Gasteiger partial charge in [0.05, 0.1) is 11.3 Å². The minimum absolute atomic E-state index is 0.00689. The largest absolute Gasteiger partial charge is 0.472 e. The van der Waals surface area contributed by atoms with E-state index in [1.165, 1.54) is 23.1 Å². The number of rotatable bonds is 11. The molecule has 0 unspecified atom stereocenters. The van der Waals surface area contributed by atoms with Crippen molar-refractivity contribution < 1.29 is 38.0 Å². The van der Waals surface area contributed by atoms with Gasteiger partial charge < -0.3 is 25.2 Å². The van der Waals surface area contributed by atoms with Crippen molar-refractivity contribution >= 4 is 42.8 Å². The van der Waals surface area contributed by atoms with Gasteiger partial charge in [-0.15, -0.1) is 0 Å². The lowest BCUT2D eigenvalue weighted by molar-refractivity contribution is 0.0445. The predicted octanol–water partition coefficient (Wildman–Crippen LogP) is 2.97. The molecule has 14 nitrogen and oxygen atoms in total. The molecule has 0 bridgehead atoms. The van der Waals surface area contributed by atoms with Crippen LogP contribution in [0, 0.1) is 13.8 Å². The van der Waals surface area contributed by atoms with Crippen LogP contribution in [0.1, 0.15) is 58.5 Å². The van der Waals surface area contributed by atoms with Crippen LogP contribution in [0.3, 0.4) is 0 Å². The zero-order chi connectivity index (χ0) is 28.7. The molecular weight excluding hydrogens is 531 g/mol. The first-order valence-corrected chi connectivity index (χ1v) is 13.7. The van der Waals surface area contributed by atoms with Gasteiger partial charge in [0.2, 0.25) is 6.79 Å². The molecule has 3 rings (SSSR count). The number of ether oxygens (including phenoxy) is 1. The lowest BCUT2D eigenvalue weighted by Crippen LogP contribution is -2.30. The van der Waals surface area contributed by atoms with Crippen LogP contribution < -0.4 is 15.5 Å². The number of nitrogens with zero attached hydrogens (tertiary/aromatic N) is 4. The second-order valence-corrected chi connectivity index (χ2v) is 9.78. The van der Waals surface area contributed by atoms with Crippen molar-refractivity contribution in [3.05, 3.63) is 53.0 Å². The zero-order valence-corrected chi connectivity index (χ0v) is 22.9. The average Bonchev–Trinajstić information content (AvgIpc) is 3.23.